The van der Waals surface area contributed by atoms with Crippen LogP contribution in [-0.4, -0.2) is 29.9 Å². The number of hydrogen-bond acceptors (Lipinski definition) is 5. The molecule has 0 N–H and O–H groups in total. The van der Waals surface area contributed by atoms with Crippen LogP contribution < -0.4 is 0 Å². The van der Waals surface area contributed by atoms with Gasteiger partial charge < -0.3 is 0 Å². The van der Waals surface area contributed by atoms with Crippen molar-refractivity contribution < 1.29 is 13.3 Å². The largest absolute Gasteiger partial charge is 0.269 e. The number of sulfonamides is 1. The van der Waals surface area contributed by atoms with E-state index in [9.17, 15) is 18.5 Å². The maximum atomic E-state index is 12.9. The van der Waals surface area contributed by atoms with Crippen molar-refractivity contribution >= 4 is 43.4 Å². The van der Waals surface area contributed by atoms with Gasteiger partial charge in [-0.3, -0.25) is 10.1 Å². The van der Waals surface area contributed by atoms with Crippen LogP contribution in [0, 0.1) is 10.1 Å². The van der Waals surface area contributed by atoms with Crippen molar-refractivity contribution in [3.63, 3.8) is 0 Å². The molecule has 1 unspecified atom stereocenters. The number of thioether (sulfide) groups is 1. The van der Waals surface area contributed by atoms with Gasteiger partial charge in [-0.2, -0.15) is 4.31 Å². The molecular formula is C15H13BrN2O4S2. The van der Waals surface area contributed by atoms with Crippen LogP contribution >= 0.6 is 27.7 Å². The third kappa shape index (κ3) is 3.34. The Hall–Kier alpha value is -1.42. The number of rotatable bonds is 4. The summed E-state index contributed by atoms with van der Waals surface area (Å²) in [5.74, 6) is 0.701. The van der Waals surface area contributed by atoms with Crippen molar-refractivity contribution in [3.8, 4) is 0 Å². The van der Waals surface area contributed by atoms with Gasteiger partial charge in [-0.05, 0) is 29.8 Å². The summed E-state index contributed by atoms with van der Waals surface area (Å²) in [6, 6.07) is 12.5. The standard InChI is InChI=1S/C15H13BrN2O4S2/c16-12-3-1-11(2-4-12)15-17(9-10-23-15)24(21,22)14-7-5-13(6-8-14)18(19)20/h1-8,15H,9-10H2. The molecule has 2 aromatic rings. The molecule has 126 valence electrons. The number of hydrogen-bond donors (Lipinski definition) is 0. The molecule has 2 aromatic carbocycles. The summed E-state index contributed by atoms with van der Waals surface area (Å²) in [5, 5.41) is 10.4. The quantitative estimate of drug-likeness (QED) is 0.546. The van der Waals surface area contributed by atoms with Gasteiger partial charge in [-0.25, -0.2) is 8.42 Å². The molecule has 0 aliphatic carbocycles. The number of benzene rings is 2. The van der Waals surface area contributed by atoms with Crippen LogP contribution in [0.3, 0.4) is 0 Å². The normalized spacial score (nSPS) is 18.6. The first kappa shape index (κ1) is 17.4. The minimum absolute atomic E-state index is 0.0673. The minimum atomic E-state index is -3.71. The summed E-state index contributed by atoms with van der Waals surface area (Å²) in [7, 11) is -3.71. The molecule has 1 aliphatic heterocycles. The second-order valence-corrected chi connectivity index (χ2v) is 9.14. The lowest BCUT2D eigenvalue weighted by atomic mass is 10.2. The van der Waals surface area contributed by atoms with Crippen molar-refractivity contribution in [2.75, 3.05) is 12.3 Å². The lowest BCUT2D eigenvalue weighted by Gasteiger charge is -2.23. The highest BCUT2D eigenvalue weighted by Gasteiger charge is 2.36. The fraction of sp³-hybridized carbons (Fsp3) is 0.200. The van der Waals surface area contributed by atoms with E-state index in [1.807, 2.05) is 24.3 Å². The minimum Gasteiger partial charge on any atom is -0.258 e. The fourth-order valence-electron chi connectivity index (χ4n) is 2.47. The van der Waals surface area contributed by atoms with Gasteiger partial charge in [0.05, 0.1) is 15.2 Å². The Kier molecular flexibility index (Phi) is 4.95. The van der Waals surface area contributed by atoms with E-state index in [-0.39, 0.29) is 16.0 Å². The number of non-ortho nitro benzene ring substituents is 1. The first-order valence-electron chi connectivity index (χ1n) is 7.03. The zero-order valence-corrected chi connectivity index (χ0v) is 15.6. The Bertz CT molecular complexity index is 854. The van der Waals surface area contributed by atoms with Crippen LogP contribution in [0.5, 0.6) is 0 Å². The Balaban J connectivity index is 1.93. The average Bonchev–Trinajstić information content (AvgIpc) is 3.06. The van der Waals surface area contributed by atoms with Crippen LogP contribution in [0.15, 0.2) is 57.9 Å². The van der Waals surface area contributed by atoms with E-state index in [1.165, 1.54) is 28.6 Å². The maximum Gasteiger partial charge on any atom is 0.269 e. The van der Waals surface area contributed by atoms with Gasteiger partial charge in [0.15, 0.2) is 0 Å². The Morgan fingerprint density at radius 1 is 1.12 bits per heavy atom. The van der Waals surface area contributed by atoms with Crippen LogP contribution in [0.25, 0.3) is 0 Å². The Morgan fingerprint density at radius 3 is 2.33 bits per heavy atom. The van der Waals surface area contributed by atoms with E-state index >= 15 is 0 Å². The molecule has 1 heterocycles. The zero-order chi connectivity index (χ0) is 17.3. The van der Waals surface area contributed by atoms with Crippen molar-refractivity contribution in [1.82, 2.24) is 4.31 Å². The summed E-state index contributed by atoms with van der Waals surface area (Å²) >= 11 is 4.93. The van der Waals surface area contributed by atoms with Crippen LogP contribution in [0.1, 0.15) is 10.9 Å². The molecule has 0 aromatic heterocycles. The predicted molar refractivity (Wildman–Crippen MR) is 96.3 cm³/mol. The summed E-state index contributed by atoms with van der Waals surface area (Å²) in [5.41, 5.74) is 0.778. The molecule has 0 saturated carbocycles. The van der Waals surface area contributed by atoms with Crippen LogP contribution in [0.2, 0.25) is 0 Å². The van der Waals surface area contributed by atoms with Crippen molar-refractivity contribution in [2.24, 2.45) is 0 Å². The molecule has 1 fully saturated rings. The third-order valence-corrected chi connectivity index (χ3v) is 7.46. The SMILES string of the molecule is O=[N+]([O-])c1ccc(S(=O)(=O)N2CCSC2c2ccc(Br)cc2)cc1. The highest BCUT2D eigenvalue weighted by atomic mass is 79.9. The molecule has 1 aliphatic rings. The monoisotopic (exact) mass is 428 g/mol. The molecule has 0 spiro atoms. The van der Waals surface area contributed by atoms with E-state index in [2.05, 4.69) is 15.9 Å². The van der Waals surface area contributed by atoms with Gasteiger partial charge in [0.25, 0.3) is 5.69 Å². The van der Waals surface area contributed by atoms with E-state index in [4.69, 9.17) is 0 Å². The van der Waals surface area contributed by atoms with Crippen LogP contribution in [0.4, 0.5) is 5.69 Å². The lowest BCUT2D eigenvalue weighted by Crippen LogP contribution is -2.30. The van der Waals surface area contributed by atoms with E-state index in [0.717, 1.165) is 10.0 Å². The molecule has 3 rings (SSSR count). The van der Waals surface area contributed by atoms with Crippen molar-refractivity contribution in [2.45, 2.75) is 10.3 Å². The first-order valence-corrected chi connectivity index (χ1v) is 10.3. The molecule has 0 radical (unpaired) electrons. The average molecular weight is 429 g/mol. The smallest absolute Gasteiger partial charge is 0.258 e. The van der Waals surface area contributed by atoms with Gasteiger partial charge in [0.2, 0.25) is 10.0 Å². The number of nitro benzene ring substituents is 1. The van der Waals surface area contributed by atoms with Gasteiger partial charge in [0.1, 0.15) is 0 Å². The van der Waals surface area contributed by atoms with Crippen molar-refractivity contribution in [3.05, 3.63) is 68.7 Å². The Labute approximate surface area is 152 Å². The van der Waals surface area contributed by atoms with E-state index < -0.39 is 14.9 Å². The highest BCUT2D eigenvalue weighted by Crippen LogP contribution is 2.41. The van der Waals surface area contributed by atoms with Gasteiger partial charge in [0, 0.05) is 28.9 Å². The van der Waals surface area contributed by atoms with Crippen molar-refractivity contribution in [1.29, 1.82) is 0 Å². The third-order valence-electron chi connectivity index (χ3n) is 3.66. The molecular weight excluding hydrogens is 416 g/mol. The van der Waals surface area contributed by atoms with Crippen LogP contribution in [-0.2, 0) is 10.0 Å². The molecule has 24 heavy (non-hydrogen) atoms. The molecule has 9 heteroatoms. The zero-order valence-electron chi connectivity index (χ0n) is 12.3. The molecule has 0 amide bonds. The highest BCUT2D eigenvalue weighted by molar-refractivity contribution is 9.10. The maximum absolute atomic E-state index is 12.9. The molecule has 0 bridgehead atoms. The molecule has 1 saturated heterocycles. The van der Waals surface area contributed by atoms with E-state index in [1.54, 1.807) is 11.8 Å². The summed E-state index contributed by atoms with van der Waals surface area (Å²) in [6.45, 7) is 0.407. The van der Waals surface area contributed by atoms with E-state index in [0.29, 0.717) is 12.3 Å². The lowest BCUT2D eigenvalue weighted by molar-refractivity contribution is -0.384. The number of nitrogens with zero attached hydrogens (tertiary/aromatic N) is 2. The summed E-state index contributed by atoms with van der Waals surface area (Å²) < 4.78 is 28.2. The topological polar surface area (TPSA) is 80.5 Å². The predicted octanol–water partition coefficient (Wildman–Crippen LogP) is 3.79. The molecule has 6 nitrogen and oxygen atoms in total. The second kappa shape index (κ2) is 6.83. The van der Waals surface area contributed by atoms with Gasteiger partial charge in [-0.1, -0.05) is 28.1 Å². The summed E-state index contributed by atoms with van der Waals surface area (Å²) in [4.78, 5) is 10.2. The number of nitro groups is 1. The summed E-state index contributed by atoms with van der Waals surface area (Å²) in [6.07, 6.45) is 0. The Morgan fingerprint density at radius 2 is 1.75 bits per heavy atom. The molecule has 1 atom stereocenters. The van der Waals surface area contributed by atoms with Gasteiger partial charge >= 0.3 is 0 Å². The van der Waals surface area contributed by atoms with Gasteiger partial charge in [-0.15, -0.1) is 11.8 Å². The number of halogens is 1. The first-order chi connectivity index (χ1) is 11.4. The fourth-order valence-corrected chi connectivity index (χ4v) is 5.97. The second-order valence-electron chi connectivity index (χ2n) is 5.14.